The van der Waals surface area contributed by atoms with Crippen LogP contribution in [0.1, 0.15) is 55.6 Å². The summed E-state index contributed by atoms with van der Waals surface area (Å²) in [5, 5.41) is 0. The maximum absolute atomic E-state index is 13.3. The summed E-state index contributed by atoms with van der Waals surface area (Å²) in [6, 6.07) is 15.5. The zero-order chi connectivity index (χ0) is 18.4. The van der Waals surface area contributed by atoms with Gasteiger partial charge in [-0.3, -0.25) is 4.79 Å². The molecule has 0 aromatic heterocycles. The predicted octanol–water partition coefficient (Wildman–Crippen LogP) is 4.79. The smallest absolute Gasteiger partial charge is 0.374 e. The van der Waals surface area contributed by atoms with Gasteiger partial charge in [0.1, 0.15) is 11.9 Å². The van der Waals surface area contributed by atoms with Crippen LogP contribution in [0.3, 0.4) is 0 Å². The molecule has 136 valence electrons. The molecule has 1 fully saturated rings. The summed E-state index contributed by atoms with van der Waals surface area (Å²) >= 11 is 0. The second kappa shape index (κ2) is 8.75. The van der Waals surface area contributed by atoms with Crippen molar-refractivity contribution >= 4 is 11.8 Å². The third-order valence-electron chi connectivity index (χ3n) is 4.92. The van der Waals surface area contributed by atoms with Crippen LogP contribution in [-0.4, -0.2) is 17.9 Å². The van der Waals surface area contributed by atoms with Crippen molar-refractivity contribution in [3.63, 3.8) is 0 Å². The number of carbonyl (C=O) groups excluding carboxylic acids is 2. The van der Waals surface area contributed by atoms with Gasteiger partial charge in [0.15, 0.2) is 0 Å². The molecular weight excluding hydrogens is 331 g/mol. The van der Waals surface area contributed by atoms with E-state index in [-0.39, 0.29) is 24.3 Å². The Balaban J connectivity index is 1.73. The summed E-state index contributed by atoms with van der Waals surface area (Å²) < 4.78 is 18.7. The largest absolute Gasteiger partial charge is 0.457 e. The Bertz CT molecular complexity index is 734. The SMILES string of the molecule is O=C(CC(c1ccccc1)c1ccc(F)cc1)C(=O)OC1CCCCC1. The van der Waals surface area contributed by atoms with Crippen LogP contribution in [0.4, 0.5) is 4.39 Å². The van der Waals surface area contributed by atoms with Crippen LogP contribution in [0.2, 0.25) is 0 Å². The highest BCUT2D eigenvalue weighted by atomic mass is 19.1. The number of carbonyl (C=O) groups is 2. The van der Waals surface area contributed by atoms with Crippen LogP contribution < -0.4 is 0 Å². The molecule has 26 heavy (non-hydrogen) atoms. The first kappa shape index (κ1) is 18.3. The fourth-order valence-electron chi connectivity index (χ4n) is 3.48. The van der Waals surface area contributed by atoms with E-state index >= 15 is 0 Å². The van der Waals surface area contributed by atoms with E-state index in [9.17, 15) is 14.0 Å². The van der Waals surface area contributed by atoms with Gasteiger partial charge in [0.05, 0.1) is 0 Å². The molecule has 1 saturated carbocycles. The minimum absolute atomic E-state index is 0.0151. The van der Waals surface area contributed by atoms with Crippen molar-refractivity contribution in [3.8, 4) is 0 Å². The molecule has 0 radical (unpaired) electrons. The second-order valence-electron chi connectivity index (χ2n) is 6.81. The zero-order valence-corrected chi connectivity index (χ0v) is 14.7. The van der Waals surface area contributed by atoms with Gasteiger partial charge in [0.2, 0.25) is 5.78 Å². The third-order valence-corrected chi connectivity index (χ3v) is 4.92. The molecule has 0 saturated heterocycles. The lowest BCUT2D eigenvalue weighted by Gasteiger charge is -2.22. The lowest BCUT2D eigenvalue weighted by atomic mass is 9.87. The van der Waals surface area contributed by atoms with Gasteiger partial charge in [-0.15, -0.1) is 0 Å². The van der Waals surface area contributed by atoms with Crippen molar-refractivity contribution in [2.24, 2.45) is 0 Å². The van der Waals surface area contributed by atoms with Crippen molar-refractivity contribution in [1.82, 2.24) is 0 Å². The van der Waals surface area contributed by atoms with Gasteiger partial charge in [-0.2, -0.15) is 0 Å². The number of ketones is 1. The molecule has 2 aromatic rings. The van der Waals surface area contributed by atoms with Crippen molar-refractivity contribution in [2.75, 3.05) is 0 Å². The summed E-state index contributed by atoms with van der Waals surface area (Å²) in [5.41, 5.74) is 1.72. The molecule has 0 heterocycles. The van der Waals surface area contributed by atoms with E-state index in [1.807, 2.05) is 30.3 Å². The van der Waals surface area contributed by atoms with Gasteiger partial charge in [-0.1, -0.05) is 48.9 Å². The fraction of sp³-hybridized carbons (Fsp3) is 0.364. The Morgan fingerprint density at radius 1 is 0.923 bits per heavy atom. The molecule has 0 N–H and O–H groups in total. The van der Waals surface area contributed by atoms with E-state index in [1.54, 1.807) is 12.1 Å². The first-order valence-electron chi connectivity index (χ1n) is 9.17. The Labute approximate surface area is 153 Å². The molecule has 0 bridgehead atoms. The first-order valence-corrected chi connectivity index (χ1v) is 9.17. The molecule has 3 rings (SSSR count). The molecule has 2 aromatic carbocycles. The summed E-state index contributed by atoms with van der Waals surface area (Å²) in [6.45, 7) is 0. The average molecular weight is 354 g/mol. The molecule has 1 aliphatic rings. The van der Waals surface area contributed by atoms with Crippen LogP contribution in [-0.2, 0) is 14.3 Å². The average Bonchev–Trinajstić information content (AvgIpc) is 2.68. The van der Waals surface area contributed by atoms with E-state index in [4.69, 9.17) is 4.74 Å². The van der Waals surface area contributed by atoms with Gasteiger partial charge in [-0.25, -0.2) is 9.18 Å². The lowest BCUT2D eigenvalue weighted by molar-refractivity contribution is -0.159. The number of esters is 1. The molecule has 0 amide bonds. The van der Waals surface area contributed by atoms with Crippen molar-refractivity contribution < 1.29 is 18.7 Å². The van der Waals surface area contributed by atoms with Gasteiger partial charge in [0.25, 0.3) is 0 Å². The summed E-state index contributed by atoms with van der Waals surface area (Å²) in [7, 11) is 0. The molecule has 3 nitrogen and oxygen atoms in total. The van der Waals surface area contributed by atoms with Crippen LogP contribution >= 0.6 is 0 Å². The maximum atomic E-state index is 13.3. The summed E-state index contributed by atoms with van der Waals surface area (Å²) in [6.07, 6.45) is 4.77. The zero-order valence-electron chi connectivity index (χ0n) is 14.7. The maximum Gasteiger partial charge on any atom is 0.374 e. The number of Topliss-reactive ketones (excluding diaryl/α,β-unsaturated/α-hetero) is 1. The molecule has 0 aliphatic heterocycles. The molecule has 4 heteroatoms. The standard InChI is InChI=1S/C22H23FO3/c23-18-13-11-17(12-14-18)20(16-7-3-1-4-8-16)15-21(24)22(25)26-19-9-5-2-6-10-19/h1,3-4,7-8,11-14,19-20H,2,5-6,9-10,15H2. The number of ether oxygens (including phenoxy) is 1. The Morgan fingerprint density at radius 3 is 2.19 bits per heavy atom. The number of halogens is 1. The van der Waals surface area contributed by atoms with Gasteiger partial charge in [-0.05, 0) is 48.9 Å². The minimum atomic E-state index is -0.750. The van der Waals surface area contributed by atoms with Crippen molar-refractivity contribution in [3.05, 3.63) is 71.5 Å². The number of hydrogen-bond donors (Lipinski definition) is 0. The molecule has 1 unspecified atom stereocenters. The summed E-state index contributed by atoms with van der Waals surface area (Å²) in [4.78, 5) is 24.7. The molecule has 1 aliphatic carbocycles. The normalized spacial score (nSPS) is 16.0. The highest BCUT2D eigenvalue weighted by Gasteiger charge is 2.26. The molecular formula is C22H23FO3. The minimum Gasteiger partial charge on any atom is -0.457 e. The molecule has 1 atom stereocenters. The predicted molar refractivity (Wildman–Crippen MR) is 97.3 cm³/mol. The topological polar surface area (TPSA) is 43.4 Å². The van der Waals surface area contributed by atoms with Gasteiger partial charge in [0, 0.05) is 12.3 Å². The third kappa shape index (κ3) is 4.78. The van der Waals surface area contributed by atoms with Crippen molar-refractivity contribution in [1.29, 1.82) is 0 Å². The van der Waals surface area contributed by atoms with Crippen LogP contribution in [0.25, 0.3) is 0 Å². The Hall–Kier alpha value is -2.49. The van der Waals surface area contributed by atoms with E-state index in [2.05, 4.69) is 0 Å². The van der Waals surface area contributed by atoms with E-state index in [1.165, 1.54) is 12.1 Å². The number of hydrogen-bond acceptors (Lipinski definition) is 3. The van der Waals surface area contributed by atoms with Crippen LogP contribution in [0.15, 0.2) is 54.6 Å². The second-order valence-corrected chi connectivity index (χ2v) is 6.81. The van der Waals surface area contributed by atoms with Gasteiger partial charge < -0.3 is 4.74 Å². The first-order chi connectivity index (χ1) is 12.6. The lowest BCUT2D eigenvalue weighted by Crippen LogP contribution is -2.27. The van der Waals surface area contributed by atoms with Crippen LogP contribution in [0.5, 0.6) is 0 Å². The Morgan fingerprint density at radius 2 is 1.54 bits per heavy atom. The Kier molecular flexibility index (Phi) is 6.16. The van der Waals surface area contributed by atoms with E-state index in [0.29, 0.717) is 0 Å². The number of rotatable bonds is 6. The highest BCUT2D eigenvalue weighted by molar-refractivity contribution is 6.33. The summed E-state index contributed by atoms with van der Waals surface area (Å²) in [5.74, 6) is -1.92. The van der Waals surface area contributed by atoms with Crippen molar-refractivity contribution in [2.45, 2.75) is 50.5 Å². The monoisotopic (exact) mass is 354 g/mol. The molecule has 0 spiro atoms. The van der Waals surface area contributed by atoms with Crippen LogP contribution in [0, 0.1) is 5.82 Å². The fourth-order valence-corrected chi connectivity index (χ4v) is 3.48. The van der Waals surface area contributed by atoms with Gasteiger partial charge >= 0.3 is 5.97 Å². The highest BCUT2D eigenvalue weighted by Crippen LogP contribution is 2.29. The van der Waals surface area contributed by atoms with E-state index in [0.717, 1.165) is 43.2 Å². The quantitative estimate of drug-likeness (QED) is 0.553. The van der Waals surface area contributed by atoms with E-state index < -0.39 is 11.8 Å². The number of benzene rings is 2.